The van der Waals surface area contributed by atoms with Gasteiger partial charge in [-0.2, -0.15) is 0 Å². The molecule has 0 fully saturated rings. The van der Waals surface area contributed by atoms with Crippen LogP contribution in [0.2, 0.25) is 0 Å². The van der Waals surface area contributed by atoms with E-state index in [0.29, 0.717) is 6.42 Å². The highest BCUT2D eigenvalue weighted by Crippen LogP contribution is 2.48. The van der Waals surface area contributed by atoms with Gasteiger partial charge in [0.2, 0.25) is 0 Å². The number of benzene rings is 2. The Morgan fingerprint density at radius 3 is 2.10 bits per heavy atom. The van der Waals surface area contributed by atoms with E-state index in [1.54, 1.807) is 0 Å². The van der Waals surface area contributed by atoms with Crippen LogP contribution in [0, 0.1) is 6.92 Å². The second-order valence-electron chi connectivity index (χ2n) is 10.2. The highest BCUT2D eigenvalue weighted by Gasteiger charge is 2.37. The molecule has 3 rings (SSSR count). The van der Waals surface area contributed by atoms with Crippen LogP contribution in [0.5, 0.6) is 0 Å². The third kappa shape index (κ3) is 4.55. The highest BCUT2D eigenvalue weighted by atomic mass is 16.4. The second kappa shape index (κ2) is 8.45. The van der Waals surface area contributed by atoms with Crippen LogP contribution >= 0.6 is 0 Å². The Labute approximate surface area is 182 Å². The molecule has 0 saturated carbocycles. The Kier molecular flexibility index (Phi) is 6.31. The molecular formula is C27H37NO2. The first kappa shape index (κ1) is 22.4. The smallest absolute Gasteiger partial charge is 0.303 e. The number of carbonyl (C=O) groups is 1. The van der Waals surface area contributed by atoms with Gasteiger partial charge in [0, 0.05) is 24.3 Å². The fraction of sp³-hybridized carbons (Fsp3) is 0.519. The van der Waals surface area contributed by atoms with Crippen LogP contribution in [0.3, 0.4) is 0 Å². The first-order chi connectivity index (χ1) is 14.0. The minimum atomic E-state index is -0.748. The molecule has 0 radical (unpaired) electrons. The van der Waals surface area contributed by atoms with E-state index in [2.05, 4.69) is 82.8 Å². The molecule has 0 atom stereocenters. The first-order valence-corrected chi connectivity index (χ1v) is 11.3. The molecular weight excluding hydrogens is 370 g/mol. The lowest BCUT2D eigenvalue weighted by Gasteiger charge is -2.43. The summed E-state index contributed by atoms with van der Waals surface area (Å²) in [6.07, 6.45) is 4.24. The number of aryl methyl sites for hydroxylation is 2. The van der Waals surface area contributed by atoms with E-state index in [1.807, 2.05) is 0 Å². The predicted octanol–water partition coefficient (Wildman–Crippen LogP) is 6.91. The summed E-state index contributed by atoms with van der Waals surface area (Å²) in [6.45, 7) is 14.9. The molecule has 30 heavy (non-hydrogen) atoms. The third-order valence-corrected chi connectivity index (χ3v) is 6.78. The van der Waals surface area contributed by atoms with Crippen molar-refractivity contribution < 1.29 is 9.90 Å². The molecule has 0 bridgehead atoms. The summed E-state index contributed by atoms with van der Waals surface area (Å²) in [4.78, 5) is 13.3. The molecule has 2 aromatic rings. The van der Waals surface area contributed by atoms with Crippen molar-refractivity contribution in [3.8, 4) is 0 Å². The molecule has 162 valence electrons. The molecule has 0 spiro atoms. The number of aliphatic carboxylic acids is 1. The van der Waals surface area contributed by atoms with Crippen molar-refractivity contribution in [1.29, 1.82) is 0 Å². The molecule has 1 aliphatic rings. The molecule has 0 aromatic heterocycles. The molecule has 3 heteroatoms. The fourth-order valence-electron chi connectivity index (χ4n) is 4.71. The SMILES string of the molecule is CCCN(c1ccc(CCC(=O)O)cc1)c1cc2c(cc1C)C(C)(C)CCC2(C)C. The van der Waals surface area contributed by atoms with Crippen LogP contribution in [0.25, 0.3) is 0 Å². The normalized spacial score (nSPS) is 16.7. The predicted molar refractivity (Wildman–Crippen MR) is 126 cm³/mol. The van der Waals surface area contributed by atoms with Crippen molar-refractivity contribution in [3.05, 3.63) is 58.7 Å². The van der Waals surface area contributed by atoms with Gasteiger partial charge in [0.05, 0.1) is 0 Å². The molecule has 0 saturated heterocycles. The van der Waals surface area contributed by atoms with Gasteiger partial charge in [-0.15, -0.1) is 0 Å². The Hall–Kier alpha value is -2.29. The number of nitrogens with zero attached hydrogens (tertiary/aromatic N) is 1. The largest absolute Gasteiger partial charge is 0.481 e. The number of rotatable bonds is 7. The Balaban J connectivity index is 2.02. The van der Waals surface area contributed by atoms with Gasteiger partial charge in [0.15, 0.2) is 0 Å². The minimum absolute atomic E-state index is 0.173. The Morgan fingerprint density at radius 2 is 1.57 bits per heavy atom. The van der Waals surface area contributed by atoms with Gasteiger partial charge in [-0.05, 0) is 83.9 Å². The van der Waals surface area contributed by atoms with Gasteiger partial charge < -0.3 is 10.0 Å². The standard InChI is InChI=1S/C27H37NO2/c1-7-16-28(21-11-8-20(9-12-21)10-13-25(29)30)24-18-23-22(17-19(24)2)26(3,4)14-15-27(23,5)6/h8-9,11-12,17-18H,7,10,13-16H2,1-6H3,(H,29,30). The highest BCUT2D eigenvalue weighted by molar-refractivity contribution is 5.70. The summed E-state index contributed by atoms with van der Waals surface area (Å²) >= 11 is 0. The number of carboxylic acids is 1. The van der Waals surface area contributed by atoms with Crippen LogP contribution in [0.1, 0.15) is 82.6 Å². The van der Waals surface area contributed by atoms with Crippen LogP contribution in [-0.4, -0.2) is 17.6 Å². The average molecular weight is 408 g/mol. The van der Waals surface area contributed by atoms with E-state index < -0.39 is 5.97 Å². The van der Waals surface area contributed by atoms with Crippen molar-refractivity contribution in [1.82, 2.24) is 0 Å². The zero-order valence-corrected chi connectivity index (χ0v) is 19.5. The van der Waals surface area contributed by atoms with Crippen molar-refractivity contribution in [2.45, 2.75) is 84.5 Å². The monoisotopic (exact) mass is 407 g/mol. The summed E-state index contributed by atoms with van der Waals surface area (Å²) in [5.74, 6) is -0.748. The molecule has 0 heterocycles. The van der Waals surface area contributed by atoms with Crippen molar-refractivity contribution >= 4 is 17.3 Å². The van der Waals surface area contributed by atoms with Gasteiger partial charge >= 0.3 is 5.97 Å². The molecule has 2 aromatic carbocycles. The zero-order valence-electron chi connectivity index (χ0n) is 19.5. The van der Waals surface area contributed by atoms with Gasteiger partial charge in [-0.1, -0.05) is 52.8 Å². The van der Waals surface area contributed by atoms with Gasteiger partial charge in [-0.3, -0.25) is 4.79 Å². The van der Waals surface area contributed by atoms with Gasteiger partial charge in [-0.25, -0.2) is 0 Å². The van der Waals surface area contributed by atoms with E-state index in [0.717, 1.165) is 18.5 Å². The van der Waals surface area contributed by atoms with E-state index in [9.17, 15) is 4.79 Å². The zero-order chi connectivity index (χ0) is 22.1. The number of carboxylic acid groups (broad SMARTS) is 1. The summed E-state index contributed by atoms with van der Waals surface area (Å²) in [5, 5.41) is 8.93. The van der Waals surface area contributed by atoms with Crippen molar-refractivity contribution in [2.75, 3.05) is 11.4 Å². The molecule has 0 aliphatic heterocycles. The summed E-state index contributed by atoms with van der Waals surface area (Å²) in [7, 11) is 0. The fourth-order valence-corrected chi connectivity index (χ4v) is 4.71. The van der Waals surface area contributed by atoms with E-state index in [1.165, 1.54) is 40.9 Å². The van der Waals surface area contributed by atoms with E-state index in [-0.39, 0.29) is 17.3 Å². The number of hydrogen-bond donors (Lipinski definition) is 1. The third-order valence-electron chi connectivity index (χ3n) is 6.78. The maximum Gasteiger partial charge on any atom is 0.303 e. The molecule has 1 aliphatic carbocycles. The summed E-state index contributed by atoms with van der Waals surface area (Å²) in [6, 6.07) is 13.3. The quantitative estimate of drug-likeness (QED) is 0.542. The molecule has 3 nitrogen and oxygen atoms in total. The van der Waals surface area contributed by atoms with E-state index >= 15 is 0 Å². The maximum atomic E-state index is 10.9. The lowest BCUT2D eigenvalue weighted by molar-refractivity contribution is -0.136. The van der Waals surface area contributed by atoms with Crippen LogP contribution in [-0.2, 0) is 22.0 Å². The number of anilines is 2. The number of fused-ring (bicyclic) bond motifs is 1. The van der Waals surface area contributed by atoms with Crippen LogP contribution in [0.4, 0.5) is 11.4 Å². The van der Waals surface area contributed by atoms with Crippen LogP contribution in [0.15, 0.2) is 36.4 Å². The van der Waals surface area contributed by atoms with Crippen LogP contribution < -0.4 is 4.90 Å². The maximum absolute atomic E-state index is 10.9. The van der Waals surface area contributed by atoms with Crippen molar-refractivity contribution in [2.24, 2.45) is 0 Å². The molecule has 1 N–H and O–H groups in total. The minimum Gasteiger partial charge on any atom is -0.481 e. The topological polar surface area (TPSA) is 40.5 Å². The van der Waals surface area contributed by atoms with Crippen molar-refractivity contribution in [3.63, 3.8) is 0 Å². The average Bonchev–Trinajstić information content (AvgIpc) is 2.69. The number of hydrogen-bond acceptors (Lipinski definition) is 2. The molecule has 0 unspecified atom stereocenters. The molecule has 0 amide bonds. The summed E-state index contributed by atoms with van der Waals surface area (Å²) in [5.41, 5.74) is 8.25. The lowest BCUT2D eigenvalue weighted by Crippen LogP contribution is -2.34. The van der Waals surface area contributed by atoms with E-state index in [4.69, 9.17) is 5.11 Å². The lowest BCUT2D eigenvalue weighted by atomic mass is 9.63. The summed E-state index contributed by atoms with van der Waals surface area (Å²) < 4.78 is 0. The second-order valence-corrected chi connectivity index (χ2v) is 10.2. The first-order valence-electron chi connectivity index (χ1n) is 11.3. The Morgan fingerprint density at radius 1 is 1.00 bits per heavy atom. The van der Waals surface area contributed by atoms with Gasteiger partial charge in [0.25, 0.3) is 0 Å². The Bertz CT molecular complexity index is 909. The van der Waals surface area contributed by atoms with Gasteiger partial charge in [0.1, 0.15) is 0 Å².